The van der Waals surface area contributed by atoms with Crippen molar-refractivity contribution in [3.05, 3.63) is 0 Å². The van der Waals surface area contributed by atoms with Gasteiger partial charge in [0.2, 0.25) is 0 Å². The van der Waals surface area contributed by atoms with Crippen LogP contribution in [0.2, 0.25) is 0 Å². The molecule has 0 amide bonds. The van der Waals surface area contributed by atoms with Gasteiger partial charge in [0, 0.05) is 0 Å². The van der Waals surface area contributed by atoms with E-state index in [1.165, 1.54) is 83.5 Å². The zero-order chi connectivity index (χ0) is 21.4. The van der Waals surface area contributed by atoms with Gasteiger partial charge in [0.05, 0.1) is 12.8 Å². The lowest BCUT2D eigenvalue weighted by molar-refractivity contribution is -0.259. The molecule has 0 aliphatic heterocycles. The summed E-state index contributed by atoms with van der Waals surface area (Å²) in [4.78, 5) is 32.1. The average molecular weight is 413 g/mol. The van der Waals surface area contributed by atoms with Crippen LogP contribution in [0, 0.1) is 0 Å². The molecule has 4 nitrogen and oxygen atoms in total. The minimum Gasteiger partial charge on any atom is -0.247 e. The van der Waals surface area contributed by atoms with Gasteiger partial charge in [-0.1, -0.05) is 123 Å². The highest BCUT2D eigenvalue weighted by Crippen LogP contribution is 2.14. The van der Waals surface area contributed by atoms with Crippen molar-refractivity contribution in [1.29, 1.82) is 0 Å². The van der Waals surface area contributed by atoms with Crippen LogP contribution in [0.25, 0.3) is 0 Å². The normalized spacial score (nSPS) is 10.8. The van der Waals surface area contributed by atoms with E-state index in [-0.39, 0.29) is 0 Å². The highest BCUT2D eigenvalue weighted by atomic mass is 17.2. The second-order valence-electron chi connectivity index (χ2n) is 8.42. The van der Waals surface area contributed by atoms with Crippen molar-refractivity contribution < 1.29 is 19.4 Å². The Balaban J connectivity index is 3.23. The summed E-state index contributed by atoms with van der Waals surface area (Å²) in [6.07, 6.45) is 24.2. The molecule has 0 spiro atoms. The Bertz CT molecular complexity index is 368. The van der Waals surface area contributed by atoms with Gasteiger partial charge in [-0.25, -0.2) is 19.4 Å². The molecule has 0 rings (SSSR count). The van der Waals surface area contributed by atoms with E-state index in [0.717, 1.165) is 38.5 Å². The minimum absolute atomic E-state index is 0.326. The lowest BCUT2D eigenvalue weighted by atomic mass is 10.0. The third-order valence-electron chi connectivity index (χ3n) is 5.45. The van der Waals surface area contributed by atoms with E-state index < -0.39 is 11.9 Å². The monoisotopic (exact) mass is 412 g/mol. The molecule has 4 heteroatoms. The zero-order valence-corrected chi connectivity index (χ0v) is 19.5. The molecule has 0 unspecified atom stereocenters. The fourth-order valence-corrected chi connectivity index (χ4v) is 3.51. The first-order chi connectivity index (χ1) is 14.2. The molecule has 0 heterocycles. The largest absolute Gasteiger partial charge is 0.355 e. The fraction of sp³-hybridized carbons (Fsp3) is 0.920. The van der Waals surface area contributed by atoms with Gasteiger partial charge in [0.25, 0.3) is 0 Å². The molecule has 0 saturated carbocycles. The van der Waals surface area contributed by atoms with Crippen molar-refractivity contribution in [2.24, 2.45) is 0 Å². The highest BCUT2D eigenvalue weighted by Gasteiger charge is 2.09. The summed E-state index contributed by atoms with van der Waals surface area (Å²) in [6, 6.07) is 0. The van der Waals surface area contributed by atoms with Gasteiger partial charge >= 0.3 is 11.9 Å². The standard InChI is InChI=1S/C25H48O4/c1-3-5-7-9-10-11-12-13-14-15-16-17-18-19-21-23-25(27)29-28-24(26)22-20-8-6-4-2/h3-23H2,1-2H3. The van der Waals surface area contributed by atoms with Gasteiger partial charge in [0.1, 0.15) is 0 Å². The van der Waals surface area contributed by atoms with Crippen LogP contribution in [-0.4, -0.2) is 11.9 Å². The SMILES string of the molecule is CCCCCCCCCCCCCCCCCC(=O)OOC(=O)CCCCCC. The lowest BCUT2D eigenvalue weighted by Crippen LogP contribution is -2.11. The summed E-state index contributed by atoms with van der Waals surface area (Å²) in [5, 5.41) is 0. The minimum atomic E-state index is -0.439. The molecule has 0 fully saturated rings. The Morgan fingerprint density at radius 2 is 0.655 bits per heavy atom. The third-order valence-corrected chi connectivity index (χ3v) is 5.45. The molecule has 0 aliphatic carbocycles. The molecule has 0 bridgehead atoms. The first kappa shape index (κ1) is 27.9. The van der Waals surface area contributed by atoms with Crippen LogP contribution >= 0.6 is 0 Å². The quantitative estimate of drug-likeness (QED) is 0.108. The second kappa shape index (κ2) is 23.2. The van der Waals surface area contributed by atoms with Gasteiger partial charge in [-0.15, -0.1) is 0 Å². The molecule has 172 valence electrons. The van der Waals surface area contributed by atoms with Gasteiger partial charge in [-0.3, -0.25) is 0 Å². The van der Waals surface area contributed by atoms with E-state index in [0.29, 0.717) is 12.8 Å². The predicted octanol–water partition coefficient (Wildman–Crippen LogP) is 8.22. The number of hydrogen-bond acceptors (Lipinski definition) is 4. The maximum atomic E-state index is 11.6. The van der Waals surface area contributed by atoms with E-state index in [9.17, 15) is 9.59 Å². The van der Waals surface area contributed by atoms with Gasteiger partial charge in [-0.05, 0) is 12.8 Å². The number of carbonyl (C=O) groups is 2. The van der Waals surface area contributed by atoms with Crippen LogP contribution < -0.4 is 0 Å². The molecule has 0 aromatic carbocycles. The first-order valence-corrected chi connectivity index (χ1v) is 12.6. The van der Waals surface area contributed by atoms with Crippen LogP contribution in [0.3, 0.4) is 0 Å². The van der Waals surface area contributed by atoms with Crippen molar-refractivity contribution in [3.8, 4) is 0 Å². The Kier molecular flexibility index (Phi) is 22.4. The predicted molar refractivity (Wildman–Crippen MR) is 120 cm³/mol. The van der Waals surface area contributed by atoms with Crippen LogP contribution in [-0.2, 0) is 19.4 Å². The number of hydrogen-bond donors (Lipinski definition) is 0. The van der Waals surface area contributed by atoms with E-state index in [1.54, 1.807) is 0 Å². The molecule has 0 aromatic heterocycles. The van der Waals surface area contributed by atoms with Crippen molar-refractivity contribution in [1.82, 2.24) is 0 Å². The fourth-order valence-electron chi connectivity index (χ4n) is 3.51. The smallest absolute Gasteiger partial charge is 0.247 e. The molecular formula is C25H48O4. The molecule has 0 aromatic rings. The summed E-state index contributed by atoms with van der Waals surface area (Å²) >= 11 is 0. The lowest BCUT2D eigenvalue weighted by Gasteiger charge is -2.04. The number of unbranched alkanes of at least 4 members (excludes halogenated alkanes) is 17. The average Bonchev–Trinajstić information content (AvgIpc) is 2.72. The van der Waals surface area contributed by atoms with E-state index in [4.69, 9.17) is 0 Å². The zero-order valence-electron chi connectivity index (χ0n) is 19.5. The second-order valence-corrected chi connectivity index (χ2v) is 8.42. The summed E-state index contributed by atoms with van der Waals surface area (Å²) in [5.74, 6) is -0.868. The van der Waals surface area contributed by atoms with Crippen molar-refractivity contribution in [2.75, 3.05) is 0 Å². The molecule has 0 atom stereocenters. The molecular weight excluding hydrogens is 364 g/mol. The summed E-state index contributed by atoms with van der Waals surface area (Å²) in [6.45, 7) is 4.39. The summed E-state index contributed by atoms with van der Waals surface area (Å²) < 4.78 is 0. The van der Waals surface area contributed by atoms with Gasteiger partial charge in [0.15, 0.2) is 0 Å². The van der Waals surface area contributed by atoms with Gasteiger partial charge in [-0.2, -0.15) is 0 Å². The first-order valence-electron chi connectivity index (χ1n) is 12.6. The Hall–Kier alpha value is -1.06. The number of rotatable bonds is 21. The van der Waals surface area contributed by atoms with Crippen LogP contribution in [0.1, 0.15) is 149 Å². The molecule has 0 aliphatic rings. The Labute approximate surface area is 180 Å². The van der Waals surface area contributed by atoms with E-state index in [2.05, 4.69) is 23.6 Å². The van der Waals surface area contributed by atoms with E-state index >= 15 is 0 Å². The molecule has 0 N–H and O–H groups in total. The number of carbonyl (C=O) groups excluding carboxylic acids is 2. The van der Waals surface area contributed by atoms with E-state index in [1.807, 2.05) is 0 Å². The van der Waals surface area contributed by atoms with Crippen LogP contribution in [0.15, 0.2) is 0 Å². The van der Waals surface area contributed by atoms with Gasteiger partial charge < -0.3 is 0 Å². The maximum absolute atomic E-state index is 11.6. The van der Waals surface area contributed by atoms with Crippen LogP contribution in [0.5, 0.6) is 0 Å². The summed E-state index contributed by atoms with van der Waals surface area (Å²) in [7, 11) is 0. The van der Waals surface area contributed by atoms with Crippen LogP contribution in [0.4, 0.5) is 0 Å². The molecule has 0 saturated heterocycles. The topological polar surface area (TPSA) is 52.6 Å². The third kappa shape index (κ3) is 23.1. The Morgan fingerprint density at radius 1 is 0.414 bits per heavy atom. The van der Waals surface area contributed by atoms with Crippen molar-refractivity contribution in [3.63, 3.8) is 0 Å². The molecule has 0 radical (unpaired) electrons. The highest BCUT2D eigenvalue weighted by molar-refractivity contribution is 5.72. The van der Waals surface area contributed by atoms with Crippen molar-refractivity contribution in [2.45, 2.75) is 149 Å². The summed E-state index contributed by atoms with van der Waals surface area (Å²) in [5.41, 5.74) is 0. The van der Waals surface area contributed by atoms with Crippen molar-refractivity contribution >= 4 is 11.9 Å². The molecule has 29 heavy (non-hydrogen) atoms. The Morgan fingerprint density at radius 3 is 0.966 bits per heavy atom. The maximum Gasteiger partial charge on any atom is 0.355 e.